The molecule has 0 aliphatic carbocycles. The van der Waals surface area contributed by atoms with Gasteiger partial charge in [-0.05, 0) is 57.5 Å². The molecule has 1 aliphatic rings. The lowest BCUT2D eigenvalue weighted by Gasteiger charge is -2.15. The van der Waals surface area contributed by atoms with Crippen LogP contribution in [0.25, 0.3) is 22.2 Å². The third-order valence-electron chi connectivity index (χ3n) is 5.07. The lowest BCUT2D eigenvalue weighted by molar-refractivity contribution is 0.337. The van der Waals surface area contributed by atoms with Crippen LogP contribution in [0.3, 0.4) is 0 Å². The zero-order valence-corrected chi connectivity index (χ0v) is 15.1. The van der Waals surface area contributed by atoms with Crippen LogP contribution in [0.15, 0.2) is 24.4 Å². The summed E-state index contributed by atoms with van der Waals surface area (Å²) in [6, 6.07) is 6.04. The van der Waals surface area contributed by atoms with Crippen LogP contribution in [0.1, 0.15) is 24.8 Å². The van der Waals surface area contributed by atoms with Crippen molar-refractivity contribution in [3.05, 3.63) is 30.0 Å². The Kier molecular flexibility index (Phi) is 4.71. The zero-order chi connectivity index (χ0) is 17.9. The molecule has 0 spiro atoms. The summed E-state index contributed by atoms with van der Waals surface area (Å²) in [6.07, 6.45) is 5.61. The number of aromatic amines is 1. The maximum Gasteiger partial charge on any atom is 0.222 e. The van der Waals surface area contributed by atoms with Gasteiger partial charge in [-0.1, -0.05) is 6.07 Å². The molecule has 2 aromatic heterocycles. The quantitative estimate of drug-likeness (QED) is 0.591. The summed E-state index contributed by atoms with van der Waals surface area (Å²) in [6.45, 7) is 6.57. The Morgan fingerprint density at radius 2 is 2.08 bits per heavy atom. The highest BCUT2D eigenvalue weighted by molar-refractivity contribution is 5.88. The van der Waals surface area contributed by atoms with E-state index >= 15 is 0 Å². The van der Waals surface area contributed by atoms with E-state index in [1.54, 1.807) is 0 Å². The Balaban J connectivity index is 1.49. The Morgan fingerprint density at radius 3 is 2.92 bits per heavy atom. The Labute approximate surface area is 153 Å². The first-order chi connectivity index (χ1) is 12.7. The molecule has 1 aromatic carbocycles. The zero-order valence-electron chi connectivity index (χ0n) is 15.1. The molecule has 1 fully saturated rings. The van der Waals surface area contributed by atoms with Gasteiger partial charge in [0.1, 0.15) is 5.82 Å². The van der Waals surface area contributed by atoms with E-state index in [0.29, 0.717) is 0 Å². The number of nitrogen functional groups attached to an aromatic ring is 1. The summed E-state index contributed by atoms with van der Waals surface area (Å²) in [5, 5.41) is 11.6. The molecule has 26 heavy (non-hydrogen) atoms. The number of aromatic nitrogens is 4. The number of nitrogens with two attached hydrogens (primary N) is 1. The van der Waals surface area contributed by atoms with Crippen LogP contribution in [0.4, 0.5) is 11.8 Å². The molecule has 1 aliphatic heterocycles. The molecule has 7 heteroatoms. The van der Waals surface area contributed by atoms with Gasteiger partial charge < -0.3 is 16.0 Å². The minimum atomic E-state index is 0.288. The van der Waals surface area contributed by atoms with Crippen LogP contribution in [0.5, 0.6) is 0 Å². The molecule has 4 rings (SSSR count). The molecule has 1 saturated heterocycles. The van der Waals surface area contributed by atoms with Crippen LogP contribution in [-0.2, 0) is 0 Å². The van der Waals surface area contributed by atoms with Crippen LogP contribution >= 0.6 is 0 Å². The lowest BCUT2D eigenvalue weighted by Crippen LogP contribution is -2.22. The number of aryl methyl sites for hydroxylation is 1. The average Bonchev–Trinajstić information content (AvgIpc) is 3.30. The Bertz CT molecular complexity index is 896. The molecule has 7 nitrogen and oxygen atoms in total. The van der Waals surface area contributed by atoms with Crippen LogP contribution < -0.4 is 11.1 Å². The van der Waals surface area contributed by atoms with E-state index < -0.39 is 0 Å². The van der Waals surface area contributed by atoms with E-state index in [9.17, 15) is 0 Å². The monoisotopic (exact) mass is 351 g/mol. The second kappa shape index (κ2) is 7.29. The maximum atomic E-state index is 5.95. The largest absolute Gasteiger partial charge is 0.370 e. The van der Waals surface area contributed by atoms with E-state index in [0.717, 1.165) is 53.1 Å². The topological polar surface area (TPSA) is 95.7 Å². The second-order valence-electron chi connectivity index (χ2n) is 6.90. The van der Waals surface area contributed by atoms with Crippen LogP contribution in [0.2, 0.25) is 0 Å². The van der Waals surface area contributed by atoms with Crippen molar-refractivity contribution in [2.45, 2.75) is 26.2 Å². The van der Waals surface area contributed by atoms with Gasteiger partial charge in [0, 0.05) is 23.6 Å². The molecule has 136 valence electrons. The van der Waals surface area contributed by atoms with Gasteiger partial charge >= 0.3 is 0 Å². The van der Waals surface area contributed by atoms with Gasteiger partial charge in [-0.15, -0.1) is 0 Å². The minimum Gasteiger partial charge on any atom is -0.370 e. The molecule has 0 radical (unpaired) electrons. The molecule has 0 bridgehead atoms. The van der Waals surface area contributed by atoms with Crippen molar-refractivity contribution in [2.24, 2.45) is 0 Å². The third-order valence-corrected chi connectivity index (χ3v) is 5.07. The van der Waals surface area contributed by atoms with Gasteiger partial charge in [0.15, 0.2) is 0 Å². The number of H-pyrrole nitrogens is 1. The molecule has 4 N–H and O–H groups in total. The summed E-state index contributed by atoms with van der Waals surface area (Å²) in [5.41, 5.74) is 9.99. The smallest absolute Gasteiger partial charge is 0.222 e. The predicted molar refractivity (Wildman–Crippen MR) is 105 cm³/mol. The first kappa shape index (κ1) is 16.8. The van der Waals surface area contributed by atoms with E-state index in [-0.39, 0.29) is 5.95 Å². The molecule has 0 amide bonds. The van der Waals surface area contributed by atoms with E-state index in [1.807, 2.05) is 18.3 Å². The van der Waals surface area contributed by atoms with Gasteiger partial charge in [-0.2, -0.15) is 10.1 Å². The second-order valence-corrected chi connectivity index (χ2v) is 6.90. The highest BCUT2D eigenvalue weighted by Crippen LogP contribution is 2.29. The minimum absolute atomic E-state index is 0.288. The van der Waals surface area contributed by atoms with E-state index in [1.165, 1.54) is 25.9 Å². The van der Waals surface area contributed by atoms with Gasteiger partial charge in [-0.3, -0.25) is 5.10 Å². The summed E-state index contributed by atoms with van der Waals surface area (Å²) >= 11 is 0. The van der Waals surface area contributed by atoms with E-state index in [2.05, 4.69) is 43.4 Å². The van der Waals surface area contributed by atoms with Crippen molar-refractivity contribution >= 4 is 22.7 Å². The Hall–Kier alpha value is -2.67. The number of hydrogen-bond donors (Lipinski definition) is 3. The highest BCUT2D eigenvalue weighted by atomic mass is 15.1. The number of benzene rings is 1. The van der Waals surface area contributed by atoms with Crippen molar-refractivity contribution in [1.29, 1.82) is 0 Å². The van der Waals surface area contributed by atoms with Gasteiger partial charge in [0.05, 0.1) is 17.4 Å². The van der Waals surface area contributed by atoms with Crippen molar-refractivity contribution in [3.63, 3.8) is 0 Å². The van der Waals surface area contributed by atoms with Crippen LogP contribution in [0, 0.1) is 6.92 Å². The maximum absolute atomic E-state index is 5.95. The van der Waals surface area contributed by atoms with Crippen molar-refractivity contribution < 1.29 is 0 Å². The van der Waals surface area contributed by atoms with Gasteiger partial charge in [-0.25, -0.2) is 4.98 Å². The number of nitrogens with zero attached hydrogens (tertiary/aromatic N) is 4. The summed E-state index contributed by atoms with van der Waals surface area (Å²) < 4.78 is 0. The number of rotatable bonds is 6. The predicted octanol–water partition coefficient (Wildman–Crippen LogP) is 2.81. The summed E-state index contributed by atoms with van der Waals surface area (Å²) in [4.78, 5) is 11.3. The third kappa shape index (κ3) is 3.48. The molecular formula is C19H25N7. The van der Waals surface area contributed by atoms with Crippen LogP contribution in [-0.4, -0.2) is 51.2 Å². The van der Waals surface area contributed by atoms with Gasteiger partial charge in [0.25, 0.3) is 0 Å². The number of fused-ring (bicyclic) bond motifs is 1. The van der Waals surface area contributed by atoms with E-state index in [4.69, 9.17) is 5.73 Å². The summed E-state index contributed by atoms with van der Waals surface area (Å²) in [7, 11) is 0. The molecule has 3 aromatic rings. The fourth-order valence-electron chi connectivity index (χ4n) is 3.66. The lowest BCUT2D eigenvalue weighted by atomic mass is 10.0. The molecular weight excluding hydrogens is 326 g/mol. The normalized spacial score (nSPS) is 15.0. The fraction of sp³-hybridized carbons (Fsp3) is 0.421. The first-order valence-electron chi connectivity index (χ1n) is 9.24. The van der Waals surface area contributed by atoms with Crippen molar-refractivity contribution in [3.8, 4) is 11.3 Å². The molecule has 0 unspecified atom stereocenters. The summed E-state index contributed by atoms with van der Waals surface area (Å²) in [5.74, 6) is 1.07. The number of likely N-dealkylation sites (tertiary alicyclic amines) is 1. The molecule has 3 heterocycles. The number of hydrogen-bond acceptors (Lipinski definition) is 6. The molecule has 0 saturated carbocycles. The first-order valence-corrected chi connectivity index (χ1v) is 9.24. The van der Waals surface area contributed by atoms with Crippen molar-refractivity contribution in [1.82, 2.24) is 25.1 Å². The Morgan fingerprint density at radius 1 is 1.23 bits per heavy atom. The average molecular weight is 351 g/mol. The molecule has 0 atom stereocenters. The van der Waals surface area contributed by atoms with Crippen molar-refractivity contribution in [2.75, 3.05) is 37.2 Å². The standard InChI is InChI=1S/C19H25N7/c1-13-14(5-6-16-15(13)12-22-25-16)17-11-18(24-19(20)23-17)21-7-4-10-26-8-2-3-9-26/h5-6,11-12H,2-4,7-10H2,1H3,(H,22,25)(H3,20,21,23,24). The van der Waals surface area contributed by atoms with Gasteiger partial charge in [0.2, 0.25) is 5.95 Å². The number of nitrogens with one attached hydrogen (secondary N) is 2. The fourth-order valence-corrected chi connectivity index (χ4v) is 3.66. The number of anilines is 2. The highest BCUT2D eigenvalue weighted by Gasteiger charge is 2.12. The SMILES string of the molecule is Cc1c(-c2cc(NCCCN3CCCC3)nc(N)n2)ccc2[nH]ncc12.